The maximum atomic E-state index is 11.9. The molecule has 2 rings (SSSR count). The Morgan fingerprint density at radius 1 is 1.00 bits per heavy atom. The van der Waals surface area contributed by atoms with Gasteiger partial charge in [-0.2, -0.15) is 0 Å². The molecule has 0 atom stereocenters. The summed E-state index contributed by atoms with van der Waals surface area (Å²) in [6.45, 7) is 0.332. The Morgan fingerprint density at radius 3 is 2.60 bits per heavy atom. The number of carbonyl (C=O) groups excluding carboxylic acids is 1. The van der Waals surface area contributed by atoms with E-state index in [-0.39, 0.29) is 5.91 Å². The SMILES string of the molecule is O=C(NCC#Cc1ccccc1)C1=C/C=C\C=C/C=C1. The molecule has 1 aromatic carbocycles. The van der Waals surface area contributed by atoms with Gasteiger partial charge in [-0.25, -0.2) is 0 Å². The number of amides is 1. The fourth-order valence-corrected chi connectivity index (χ4v) is 1.61. The fourth-order valence-electron chi connectivity index (χ4n) is 1.61. The van der Waals surface area contributed by atoms with Crippen LogP contribution in [0.25, 0.3) is 0 Å². The largest absolute Gasteiger partial charge is 0.341 e. The van der Waals surface area contributed by atoms with E-state index < -0.39 is 0 Å². The van der Waals surface area contributed by atoms with Crippen LogP contribution < -0.4 is 5.32 Å². The molecule has 1 amide bonds. The number of allylic oxidation sites excluding steroid dienone is 6. The van der Waals surface area contributed by atoms with Gasteiger partial charge in [0.05, 0.1) is 6.54 Å². The maximum absolute atomic E-state index is 11.9. The highest BCUT2D eigenvalue weighted by atomic mass is 16.1. The van der Waals surface area contributed by atoms with Crippen LogP contribution in [0, 0.1) is 11.8 Å². The van der Waals surface area contributed by atoms with Gasteiger partial charge in [-0.3, -0.25) is 4.79 Å². The van der Waals surface area contributed by atoms with Crippen LogP contribution >= 0.6 is 0 Å². The number of rotatable bonds is 2. The van der Waals surface area contributed by atoms with Gasteiger partial charge >= 0.3 is 0 Å². The van der Waals surface area contributed by atoms with Crippen LogP contribution in [0.2, 0.25) is 0 Å². The van der Waals surface area contributed by atoms with Crippen molar-refractivity contribution in [2.75, 3.05) is 6.54 Å². The Morgan fingerprint density at radius 2 is 1.75 bits per heavy atom. The quantitative estimate of drug-likeness (QED) is 0.815. The molecule has 98 valence electrons. The second kappa shape index (κ2) is 7.60. The molecule has 0 aliphatic heterocycles. The van der Waals surface area contributed by atoms with Gasteiger partial charge in [-0.05, 0) is 24.3 Å². The van der Waals surface area contributed by atoms with E-state index in [2.05, 4.69) is 17.2 Å². The summed E-state index contributed by atoms with van der Waals surface area (Å²) in [6.07, 6.45) is 12.9. The summed E-state index contributed by atoms with van der Waals surface area (Å²) in [5.41, 5.74) is 1.56. The Balaban J connectivity index is 1.88. The monoisotopic (exact) mass is 261 g/mol. The van der Waals surface area contributed by atoms with Crippen LogP contribution in [0.15, 0.2) is 78.4 Å². The summed E-state index contributed by atoms with van der Waals surface area (Å²) in [6, 6.07) is 9.69. The first kappa shape index (κ1) is 13.6. The molecule has 0 saturated carbocycles. The Labute approximate surface area is 119 Å². The zero-order chi connectivity index (χ0) is 14.0. The molecule has 2 heteroatoms. The predicted molar refractivity (Wildman–Crippen MR) is 81.8 cm³/mol. The van der Waals surface area contributed by atoms with E-state index >= 15 is 0 Å². The normalized spacial score (nSPS) is 15.9. The summed E-state index contributed by atoms with van der Waals surface area (Å²) in [5, 5.41) is 2.78. The van der Waals surface area contributed by atoms with Gasteiger partial charge < -0.3 is 5.32 Å². The lowest BCUT2D eigenvalue weighted by Gasteiger charge is -2.01. The lowest BCUT2D eigenvalue weighted by Crippen LogP contribution is -2.24. The summed E-state index contributed by atoms with van der Waals surface area (Å²) in [7, 11) is 0. The van der Waals surface area contributed by atoms with E-state index in [1.54, 1.807) is 12.2 Å². The molecule has 0 bridgehead atoms. The van der Waals surface area contributed by atoms with Gasteiger partial charge in [0.25, 0.3) is 5.91 Å². The standard InChI is InChI=1S/C18H15NO/c20-18(17-13-7-2-1-3-8-14-17)19-15-9-12-16-10-5-4-6-11-16/h1-8,10-11,13-14H,15H2,(H,19,20)/b2-1-,3-1?,7-2?,8-3-,13-7?,14-8?,17-13?,17-14?. The number of carbonyl (C=O) groups is 1. The first-order valence-electron chi connectivity index (χ1n) is 6.40. The van der Waals surface area contributed by atoms with Crippen LogP contribution in [0.3, 0.4) is 0 Å². The first-order valence-corrected chi connectivity index (χ1v) is 6.40. The average Bonchev–Trinajstić information content (AvgIpc) is 2.44. The van der Waals surface area contributed by atoms with Crippen LogP contribution in [0.1, 0.15) is 5.56 Å². The molecular weight excluding hydrogens is 246 g/mol. The minimum Gasteiger partial charge on any atom is -0.341 e. The van der Waals surface area contributed by atoms with Crippen molar-refractivity contribution in [3.63, 3.8) is 0 Å². The van der Waals surface area contributed by atoms with Crippen molar-refractivity contribution >= 4 is 5.91 Å². The van der Waals surface area contributed by atoms with Crippen LogP contribution in [0.5, 0.6) is 0 Å². The number of benzene rings is 1. The Bertz CT molecular complexity index is 637. The third-order valence-corrected chi connectivity index (χ3v) is 2.60. The molecule has 1 aliphatic carbocycles. The molecular formula is C18H15NO. The van der Waals surface area contributed by atoms with E-state index in [1.165, 1.54) is 0 Å². The molecule has 2 nitrogen and oxygen atoms in total. The highest BCUT2D eigenvalue weighted by Crippen LogP contribution is 2.01. The molecule has 0 heterocycles. The molecule has 0 unspecified atom stereocenters. The fraction of sp³-hybridized carbons (Fsp3) is 0.0556. The summed E-state index contributed by atoms with van der Waals surface area (Å²) < 4.78 is 0. The van der Waals surface area contributed by atoms with Gasteiger partial charge in [0.15, 0.2) is 0 Å². The minimum atomic E-state index is -0.122. The van der Waals surface area contributed by atoms with E-state index in [0.29, 0.717) is 12.1 Å². The third kappa shape index (κ3) is 4.47. The zero-order valence-electron chi connectivity index (χ0n) is 11.0. The molecule has 1 N–H and O–H groups in total. The van der Waals surface area contributed by atoms with E-state index in [9.17, 15) is 4.79 Å². The molecule has 0 fully saturated rings. The molecule has 20 heavy (non-hydrogen) atoms. The highest BCUT2D eigenvalue weighted by Gasteiger charge is 2.03. The lowest BCUT2D eigenvalue weighted by atomic mass is 10.1. The molecule has 0 spiro atoms. The van der Waals surface area contributed by atoms with E-state index in [4.69, 9.17) is 0 Å². The van der Waals surface area contributed by atoms with Crippen molar-refractivity contribution in [3.05, 3.63) is 84.0 Å². The summed E-state index contributed by atoms with van der Waals surface area (Å²) >= 11 is 0. The van der Waals surface area contributed by atoms with Crippen molar-refractivity contribution in [3.8, 4) is 11.8 Å². The molecule has 1 aliphatic rings. The minimum absolute atomic E-state index is 0.122. The Hall–Kier alpha value is -2.79. The highest BCUT2D eigenvalue weighted by molar-refractivity contribution is 5.96. The summed E-state index contributed by atoms with van der Waals surface area (Å²) in [5.74, 6) is 5.81. The van der Waals surface area contributed by atoms with Crippen molar-refractivity contribution in [2.45, 2.75) is 0 Å². The van der Waals surface area contributed by atoms with Crippen LogP contribution in [-0.4, -0.2) is 12.5 Å². The first-order chi connectivity index (χ1) is 9.86. The van der Waals surface area contributed by atoms with Gasteiger partial charge in [-0.15, -0.1) is 0 Å². The Kier molecular flexibility index (Phi) is 5.18. The predicted octanol–water partition coefficient (Wildman–Crippen LogP) is 2.76. The van der Waals surface area contributed by atoms with E-state index in [0.717, 1.165) is 5.56 Å². The molecule has 0 saturated heterocycles. The second-order valence-corrected chi connectivity index (χ2v) is 4.10. The van der Waals surface area contributed by atoms with Crippen molar-refractivity contribution in [2.24, 2.45) is 0 Å². The summed E-state index contributed by atoms with van der Waals surface area (Å²) in [4.78, 5) is 11.9. The van der Waals surface area contributed by atoms with Gasteiger partial charge in [0.1, 0.15) is 0 Å². The maximum Gasteiger partial charge on any atom is 0.252 e. The van der Waals surface area contributed by atoms with Gasteiger partial charge in [0, 0.05) is 11.1 Å². The third-order valence-electron chi connectivity index (χ3n) is 2.60. The smallest absolute Gasteiger partial charge is 0.252 e. The molecule has 0 radical (unpaired) electrons. The van der Waals surface area contributed by atoms with Crippen LogP contribution in [-0.2, 0) is 4.79 Å². The topological polar surface area (TPSA) is 29.1 Å². The van der Waals surface area contributed by atoms with Crippen molar-refractivity contribution in [1.29, 1.82) is 0 Å². The number of nitrogens with one attached hydrogen (secondary N) is 1. The number of hydrogen-bond donors (Lipinski definition) is 1. The van der Waals surface area contributed by atoms with Crippen molar-refractivity contribution in [1.82, 2.24) is 5.32 Å². The zero-order valence-corrected chi connectivity index (χ0v) is 11.0. The molecule has 0 aromatic heterocycles. The number of hydrogen-bond acceptors (Lipinski definition) is 1. The molecule has 1 aromatic rings. The van der Waals surface area contributed by atoms with Gasteiger partial charge in [0.2, 0.25) is 0 Å². The van der Waals surface area contributed by atoms with E-state index in [1.807, 2.05) is 60.7 Å². The van der Waals surface area contributed by atoms with Gasteiger partial charge in [-0.1, -0.05) is 60.4 Å². The van der Waals surface area contributed by atoms with Crippen molar-refractivity contribution < 1.29 is 4.79 Å². The average molecular weight is 261 g/mol. The second-order valence-electron chi connectivity index (χ2n) is 4.10. The lowest BCUT2D eigenvalue weighted by molar-refractivity contribution is -0.116. The van der Waals surface area contributed by atoms with Crippen LogP contribution in [0.4, 0.5) is 0 Å².